The van der Waals surface area contributed by atoms with Crippen molar-refractivity contribution in [1.29, 1.82) is 0 Å². The first-order valence-electron chi connectivity index (χ1n) is 10.7. The van der Waals surface area contributed by atoms with E-state index in [4.69, 9.17) is 4.74 Å². The fourth-order valence-corrected chi connectivity index (χ4v) is 4.15. The molecule has 0 unspecified atom stereocenters. The van der Waals surface area contributed by atoms with Gasteiger partial charge in [-0.25, -0.2) is 4.79 Å². The lowest BCUT2D eigenvalue weighted by molar-refractivity contribution is -0.135. The number of rotatable bonds is 5. The molecule has 1 saturated heterocycles. The maximum Gasteiger partial charge on any atom is 0.347 e. The van der Waals surface area contributed by atoms with Crippen LogP contribution >= 0.6 is 0 Å². The number of carbonyl (C=O) groups excluding carboxylic acids is 2. The van der Waals surface area contributed by atoms with E-state index in [-0.39, 0.29) is 17.9 Å². The largest absolute Gasteiger partial charge is 0.465 e. The first-order valence-corrected chi connectivity index (χ1v) is 10.7. The minimum Gasteiger partial charge on any atom is -0.465 e. The molecule has 0 bridgehead atoms. The summed E-state index contributed by atoms with van der Waals surface area (Å²) in [6.45, 7) is 2.76. The van der Waals surface area contributed by atoms with Crippen molar-refractivity contribution >= 4 is 18.0 Å². The van der Waals surface area contributed by atoms with Gasteiger partial charge in [0.25, 0.3) is 0 Å². The second-order valence-corrected chi connectivity index (χ2v) is 8.20. The summed E-state index contributed by atoms with van der Waals surface area (Å²) < 4.78 is 4.74. The van der Waals surface area contributed by atoms with Crippen LogP contribution in [0.3, 0.4) is 0 Å². The van der Waals surface area contributed by atoms with E-state index >= 15 is 0 Å². The van der Waals surface area contributed by atoms with E-state index in [2.05, 4.69) is 34.9 Å². The number of carbonyl (C=O) groups is 2. The van der Waals surface area contributed by atoms with Crippen LogP contribution in [-0.2, 0) is 20.9 Å². The minimum atomic E-state index is -0.521. The van der Waals surface area contributed by atoms with E-state index in [9.17, 15) is 9.59 Å². The number of benzene rings is 1. The van der Waals surface area contributed by atoms with Gasteiger partial charge in [0.2, 0.25) is 5.91 Å². The summed E-state index contributed by atoms with van der Waals surface area (Å²) in [6.07, 6.45) is 10.4. The zero-order valence-corrected chi connectivity index (χ0v) is 17.5. The van der Waals surface area contributed by atoms with E-state index < -0.39 is 5.97 Å². The second-order valence-electron chi connectivity index (χ2n) is 8.20. The zero-order chi connectivity index (χ0) is 20.9. The molecule has 1 aliphatic carbocycles. The smallest absolute Gasteiger partial charge is 0.347 e. The third-order valence-electron chi connectivity index (χ3n) is 6.21. The summed E-state index contributed by atoms with van der Waals surface area (Å²) in [5, 5.41) is 0. The number of hydrogen-bond donors (Lipinski definition) is 0. The number of nitrogens with zero attached hydrogens (tertiary/aromatic N) is 2. The highest BCUT2D eigenvalue weighted by Gasteiger charge is 2.26. The molecule has 0 radical (unpaired) electrons. The summed E-state index contributed by atoms with van der Waals surface area (Å²) >= 11 is 0. The molecule has 0 spiro atoms. The Morgan fingerprint density at radius 1 is 1.20 bits per heavy atom. The number of piperidine rings is 1. The molecule has 156 valence electrons. The zero-order valence-electron chi connectivity index (χ0n) is 17.5. The van der Waals surface area contributed by atoms with Gasteiger partial charge in [-0.2, -0.15) is 0 Å². The van der Waals surface area contributed by atoms with Crippen LogP contribution in [0, 0.1) is 11.8 Å². The molecule has 1 aromatic carbocycles. The van der Waals surface area contributed by atoms with Gasteiger partial charge in [0.05, 0.1) is 20.1 Å². The Morgan fingerprint density at radius 2 is 1.93 bits per heavy atom. The van der Waals surface area contributed by atoms with E-state index in [0.717, 1.165) is 24.4 Å². The molecular weight excluding hydrogens is 376 g/mol. The highest BCUT2D eigenvalue weighted by Crippen LogP contribution is 2.29. The Balaban J connectivity index is 1.38. The molecule has 5 nitrogen and oxygen atoms in total. The van der Waals surface area contributed by atoms with Crippen LogP contribution in [0.25, 0.3) is 6.08 Å². The van der Waals surface area contributed by atoms with E-state index in [0.29, 0.717) is 6.54 Å². The SMILES string of the molecule is COC(=O)C1=CN(Cc2ccc(C=C3CCN(C4CCC4)CC3)cc2)C(=O)CC#C1. The van der Waals surface area contributed by atoms with Crippen LogP contribution in [0.1, 0.15) is 49.7 Å². The van der Waals surface area contributed by atoms with Gasteiger partial charge in [-0.3, -0.25) is 9.69 Å². The fraction of sp³-hybridized carbons (Fsp3) is 0.440. The number of methoxy groups -OCH3 is 1. The van der Waals surface area contributed by atoms with Crippen molar-refractivity contribution in [3.05, 3.63) is 52.7 Å². The highest BCUT2D eigenvalue weighted by molar-refractivity contribution is 5.95. The van der Waals surface area contributed by atoms with Crippen molar-refractivity contribution in [3.63, 3.8) is 0 Å². The highest BCUT2D eigenvalue weighted by atomic mass is 16.5. The number of esters is 1. The molecule has 2 heterocycles. The van der Waals surface area contributed by atoms with Crippen LogP contribution in [0.2, 0.25) is 0 Å². The lowest BCUT2D eigenvalue weighted by atomic mass is 9.89. The maximum atomic E-state index is 12.3. The lowest BCUT2D eigenvalue weighted by Gasteiger charge is -2.40. The molecule has 5 heteroatoms. The van der Waals surface area contributed by atoms with Crippen molar-refractivity contribution in [1.82, 2.24) is 9.80 Å². The topological polar surface area (TPSA) is 49.9 Å². The first-order chi connectivity index (χ1) is 14.6. The first kappa shape index (κ1) is 20.4. The molecule has 4 rings (SSSR count). The molecule has 1 aromatic rings. The van der Waals surface area contributed by atoms with Crippen molar-refractivity contribution in [3.8, 4) is 11.8 Å². The van der Waals surface area contributed by atoms with Gasteiger partial charge >= 0.3 is 5.97 Å². The van der Waals surface area contributed by atoms with Crippen LogP contribution < -0.4 is 0 Å². The molecular formula is C25H28N2O3. The van der Waals surface area contributed by atoms with E-state index in [1.807, 2.05) is 12.1 Å². The summed E-state index contributed by atoms with van der Waals surface area (Å²) in [7, 11) is 1.31. The van der Waals surface area contributed by atoms with Crippen LogP contribution in [0.4, 0.5) is 0 Å². The molecule has 3 aliphatic rings. The van der Waals surface area contributed by atoms with Gasteiger partial charge in [0.15, 0.2) is 0 Å². The molecule has 2 aliphatic heterocycles. The predicted molar refractivity (Wildman–Crippen MR) is 116 cm³/mol. The Labute approximate surface area is 178 Å². The molecule has 30 heavy (non-hydrogen) atoms. The number of ether oxygens (including phenoxy) is 1. The quantitative estimate of drug-likeness (QED) is 0.557. The Hall–Kier alpha value is -2.84. The molecule has 1 saturated carbocycles. The Bertz CT molecular complexity index is 919. The monoisotopic (exact) mass is 404 g/mol. The third kappa shape index (κ3) is 4.83. The van der Waals surface area contributed by atoms with Crippen molar-refractivity contribution in [2.75, 3.05) is 20.2 Å². The second kappa shape index (κ2) is 9.32. The van der Waals surface area contributed by atoms with Crippen molar-refractivity contribution in [2.45, 2.75) is 51.1 Å². The van der Waals surface area contributed by atoms with E-state index in [1.54, 1.807) is 0 Å². The Kier molecular flexibility index (Phi) is 6.35. The normalized spacial score (nSPS) is 19.9. The lowest BCUT2D eigenvalue weighted by Crippen LogP contribution is -2.43. The van der Waals surface area contributed by atoms with Gasteiger partial charge in [-0.15, -0.1) is 0 Å². The maximum absolute atomic E-state index is 12.3. The van der Waals surface area contributed by atoms with Gasteiger partial charge in [0.1, 0.15) is 5.57 Å². The molecule has 0 atom stereocenters. The number of amides is 1. The van der Waals surface area contributed by atoms with Crippen molar-refractivity contribution < 1.29 is 14.3 Å². The fourth-order valence-electron chi connectivity index (χ4n) is 4.15. The van der Waals surface area contributed by atoms with Crippen LogP contribution in [-0.4, -0.2) is 47.9 Å². The molecule has 2 fully saturated rings. The standard InChI is InChI=1S/C25H28N2O3/c1-30-25(29)22-4-2-7-24(28)27(18-22)17-21-10-8-19(9-11-21)16-20-12-14-26(15-13-20)23-5-3-6-23/h8-11,16,18,23H,3,5-7,12-15,17H2,1H3. The third-order valence-corrected chi connectivity index (χ3v) is 6.21. The van der Waals surface area contributed by atoms with Gasteiger partial charge in [-0.05, 0) is 36.8 Å². The average molecular weight is 405 g/mol. The van der Waals surface area contributed by atoms with Gasteiger partial charge < -0.3 is 9.64 Å². The van der Waals surface area contributed by atoms with Crippen LogP contribution in [0.5, 0.6) is 0 Å². The summed E-state index contributed by atoms with van der Waals surface area (Å²) in [5.74, 6) is 4.80. The molecule has 0 aromatic heterocycles. The molecule has 0 N–H and O–H groups in total. The summed E-state index contributed by atoms with van der Waals surface area (Å²) in [4.78, 5) is 28.3. The van der Waals surface area contributed by atoms with Gasteiger partial charge in [0, 0.05) is 25.3 Å². The predicted octanol–water partition coefficient (Wildman–Crippen LogP) is 3.51. The number of likely N-dealkylation sites (tertiary alicyclic amines) is 1. The van der Waals surface area contributed by atoms with E-state index in [1.165, 1.54) is 61.7 Å². The van der Waals surface area contributed by atoms with Crippen molar-refractivity contribution in [2.24, 2.45) is 0 Å². The minimum absolute atomic E-state index is 0.0963. The van der Waals surface area contributed by atoms with Gasteiger partial charge in [-0.1, -0.05) is 54.2 Å². The Morgan fingerprint density at radius 3 is 2.57 bits per heavy atom. The van der Waals surface area contributed by atoms with Crippen LogP contribution in [0.15, 0.2) is 41.6 Å². The number of hydrogen-bond acceptors (Lipinski definition) is 4. The summed E-state index contributed by atoms with van der Waals surface area (Å²) in [6, 6.07) is 9.13. The summed E-state index contributed by atoms with van der Waals surface area (Å²) in [5.41, 5.74) is 3.93. The molecule has 1 amide bonds. The average Bonchev–Trinajstić information content (AvgIpc) is 2.90.